The van der Waals surface area contributed by atoms with Gasteiger partial charge in [0.05, 0.1) is 21.3 Å². The van der Waals surface area contributed by atoms with Crippen LogP contribution in [0.5, 0.6) is 17.2 Å². The normalized spacial score (nSPS) is 10.2. The van der Waals surface area contributed by atoms with Crippen LogP contribution >= 0.6 is 0 Å². The molecule has 0 spiro atoms. The number of aromatic amines is 1. The molecule has 0 aliphatic rings. The third-order valence-electron chi connectivity index (χ3n) is 3.73. The minimum atomic E-state index is -0.435. The lowest BCUT2D eigenvalue weighted by atomic mass is 10.2. The molecule has 0 atom stereocenters. The lowest BCUT2D eigenvalue weighted by molar-refractivity contribution is 0.102. The summed E-state index contributed by atoms with van der Waals surface area (Å²) in [6, 6.07) is 12.3. The Morgan fingerprint density at radius 1 is 0.852 bits per heavy atom. The van der Waals surface area contributed by atoms with Crippen molar-refractivity contribution in [2.24, 2.45) is 0 Å². The van der Waals surface area contributed by atoms with Gasteiger partial charge in [-0.25, -0.2) is 0 Å². The smallest absolute Gasteiger partial charge is 0.280 e. The molecule has 0 bridgehead atoms. The fourth-order valence-corrected chi connectivity index (χ4v) is 2.36. The first kappa shape index (κ1) is 18.1. The van der Waals surface area contributed by atoms with Gasteiger partial charge < -0.3 is 24.8 Å². The highest BCUT2D eigenvalue weighted by molar-refractivity contribution is 6.06. The Bertz CT molecular complexity index is 902. The van der Waals surface area contributed by atoms with Crippen molar-refractivity contribution in [1.82, 2.24) is 15.4 Å². The molecule has 9 nitrogen and oxygen atoms in total. The number of carbonyl (C=O) groups is 1. The number of nitrogens with one attached hydrogen (secondary N) is 3. The number of ether oxygens (including phenoxy) is 3. The van der Waals surface area contributed by atoms with E-state index >= 15 is 0 Å². The Kier molecular flexibility index (Phi) is 5.41. The van der Waals surface area contributed by atoms with Gasteiger partial charge in [-0.15, -0.1) is 10.2 Å². The van der Waals surface area contributed by atoms with Crippen LogP contribution in [0.1, 0.15) is 10.5 Å². The minimum Gasteiger partial charge on any atom is -0.497 e. The van der Waals surface area contributed by atoms with E-state index in [9.17, 15) is 4.79 Å². The molecule has 3 rings (SSSR count). The molecule has 0 unspecified atom stereocenters. The SMILES string of the molecule is COc1ccc(Nc2n[nH]nc2C(=O)Nc2cc(OC)cc(OC)c2)cc1. The van der Waals surface area contributed by atoms with E-state index in [0.717, 1.165) is 11.4 Å². The number of hydrogen-bond donors (Lipinski definition) is 3. The summed E-state index contributed by atoms with van der Waals surface area (Å²) < 4.78 is 15.5. The number of nitrogens with zero attached hydrogens (tertiary/aromatic N) is 2. The van der Waals surface area contributed by atoms with E-state index in [1.807, 2.05) is 12.1 Å². The van der Waals surface area contributed by atoms with Crippen molar-refractivity contribution in [3.05, 3.63) is 48.2 Å². The Hall–Kier alpha value is -3.75. The van der Waals surface area contributed by atoms with Crippen LogP contribution in [0.3, 0.4) is 0 Å². The van der Waals surface area contributed by atoms with Crippen molar-refractivity contribution in [3.63, 3.8) is 0 Å². The zero-order chi connectivity index (χ0) is 19.2. The molecule has 3 N–H and O–H groups in total. The number of carbonyl (C=O) groups excluding carboxylic acids is 1. The van der Waals surface area contributed by atoms with Gasteiger partial charge in [0.25, 0.3) is 5.91 Å². The van der Waals surface area contributed by atoms with Crippen LogP contribution in [0, 0.1) is 0 Å². The highest BCUT2D eigenvalue weighted by atomic mass is 16.5. The van der Waals surface area contributed by atoms with E-state index in [0.29, 0.717) is 23.0 Å². The van der Waals surface area contributed by atoms with Crippen molar-refractivity contribution in [2.45, 2.75) is 0 Å². The number of methoxy groups -OCH3 is 3. The number of amides is 1. The molecular formula is C18H19N5O4. The van der Waals surface area contributed by atoms with Crippen molar-refractivity contribution >= 4 is 23.1 Å². The van der Waals surface area contributed by atoms with E-state index in [1.165, 1.54) is 14.2 Å². The van der Waals surface area contributed by atoms with Crippen molar-refractivity contribution in [2.75, 3.05) is 32.0 Å². The van der Waals surface area contributed by atoms with Gasteiger partial charge >= 0.3 is 0 Å². The largest absolute Gasteiger partial charge is 0.497 e. The first-order valence-electron chi connectivity index (χ1n) is 7.99. The summed E-state index contributed by atoms with van der Waals surface area (Å²) in [5.74, 6) is 1.70. The number of benzene rings is 2. The van der Waals surface area contributed by atoms with Crippen molar-refractivity contribution in [3.8, 4) is 17.2 Å². The van der Waals surface area contributed by atoms with E-state index in [4.69, 9.17) is 14.2 Å². The maximum Gasteiger partial charge on any atom is 0.280 e. The third-order valence-corrected chi connectivity index (χ3v) is 3.73. The summed E-state index contributed by atoms with van der Waals surface area (Å²) in [6.45, 7) is 0. The second-order valence-corrected chi connectivity index (χ2v) is 5.43. The maximum atomic E-state index is 12.6. The molecule has 1 amide bonds. The van der Waals surface area contributed by atoms with Gasteiger partial charge in [0, 0.05) is 29.6 Å². The first-order valence-corrected chi connectivity index (χ1v) is 7.99. The van der Waals surface area contributed by atoms with E-state index in [-0.39, 0.29) is 5.69 Å². The van der Waals surface area contributed by atoms with Crippen LogP contribution in [-0.4, -0.2) is 42.6 Å². The molecule has 0 saturated carbocycles. The van der Waals surface area contributed by atoms with Gasteiger partial charge in [-0.1, -0.05) is 0 Å². The number of hydrogen-bond acceptors (Lipinski definition) is 7. The van der Waals surface area contributed by atoms with Gasteiger partial charge in [-0.2, -0.15) is 5.21 Å². The molecule has 9 heteroatoms. The summed E-state index contributed by atoms with van der Waals surface area (Å²) in [4.78, 5) is 12.6. The molecule has 27 heavy (non-hydrogen) atoms. The van der Waals surface area contributed by atoms with E-state index in [2.05, 4.69) is 26.0 Å². The number of aromatic nitrogens is 3. The standard InChI is InChI=1S/C18H19N5O4/c1-25-13-6-4-11(5-7-13)19-17-16(21-23-22-17)18(24)20-12-8-14(26-2)10-15(9-12)27-3/h4-10H,1-3H3,(H,20,24)(H2,19,21,22,23). The first-order chi connectivity index (χ1) is 13.1. The highest BCUT2D eigenvalue weighted by Crippen LogP contribution is 2.27. The van der Waals surface area contributed by atoms with Crippen molar-refractivity contribution in [1.29, 1.82) is 0 Å². The topological polar surface area (TPSA) is 110 Å². The Labute approximate surface area is 155 Å². The Balaban J connectivity index is 1.77. The molecule has 0 aliphatic heterocycles. The second-order valence-electron chi connectivity index (χ2n) is 5.43. The Morgan fingerprint density at radius 3 is 2.07 bits per heavy atom. The van der Waals surface area contributed by atoms with Crippen LogP contribution in [0.25, 0.3) is 0 Å². The molecular weight excluding hydrogens is 350 g/mol. The van der Waals surface area contributed by atoms with Gasteiger partial charge in [0.1, 0.15) is 17.2 Å². The molecule has 2 aromatic carbocycles. The molecule has 0 saturated heterocycles. The number of rotatable bonds is 7. The molecule has 140 valence electrons. The quantitative estimate of drug-likeness (QED) is 0.587. The second kappa shape index (κ2) is 8.09. The molecule has 0 aliphatic carbocycles. The van der Waals surface area contributed by atoms with Crippen LogP contribution in [0.4, 0.5) is 17.2 Å². The molecule has 1 heterocycles. The summed E-state index contributed by atoms with van der Waals surface area (Å²) >= 11 is 0. The monoisotopic (exact) mass is 369 g/mol. The summed E-state index contributed by atoms with van der Waals surface area (Å²) in [6.07, 6.45) is 0. The average molecular weight is 369 g/mol. The maximum absolute atomic E-state index is 12.6. The fraction of sp³-hybridized carbons (Fsp3) is 0.167. The van der Waals surface area contributed by atoms with Crippen molar-refractivity contribution < 1.29 is 19.0 Å². The number of anilines is 3. The third kappa shape index (κ3) is 4.27. The molecule has 0 radical (unpaired) electrons. The highest BCUT2D eigenvalue weighted by Gasteiger charge is 2.17. The predicted molar refractivity (Wildman–Crippen MR) is 100 cm³/mol. The molecule has 1 aromatic heterocycles. The lowest BCUT2D eigenvalue weighted by Crippen LogP contribution is -2.14. The summed E-state index contributed by atoms with van der Waals surface area (Å²) in [5, 5.41) is 16.2. The van der Waals surface area contributed by atoms with Crippen LogP contribution < -0.4 is 24.8 Å². The van der Waals surface area contributed by atoms with E-state index in [1.54, 1.807) is 37.4 Å². The van der Waals surface area contributed by atoms with Crippen LogP contribution in [0.2, 0.25) is 0 Å². The fourth-order valence-electron chi connectivity index (χ4n) is 2.36. The van der Waals surface area contributed by atoms with Gasteiger partial charge in [-0.05, 0) is 24.3 Å². The zero-order valence-electron chi connectivity index (χ0n) is 15.1. The number of H-pyrrole nitrogens is 1. The summed E-state index contributed by atoms with van der Waals surface area (Å²) in [7, 11) is 4.67. The van der Waals surface area contributed by atoms with Gasteiger partial charge in [0.2, 0.25) is 0 Å². The minimum absolute atomic E-state index is 0.118. The lowest BCUT2D eigenvalue weighted by Gasteiger charge is -2.10. The van der Waals surface area contributed by atoms with Gasteiger partial charge in [-0.3, -0.25) is 4.79 Å². The molecule has 3 aromatic rings. The van der Waals surface area contributed by atoms with Crippen LogP contribution in [-0.2, 0) is 0 Å². The average Bonchev–Trinajstić information content (AvgIpc) is 3.16. The van der Waals surface area contributed by atoms with Gasteiger partial charge in [0.15, 0.2) is 11.5 Å². The summed E-state index contributed by atoms with van der Waals surface area (Å²) in [5.41, 5.74) is 1.36. The predicted octanol–water partition coefficient (Wildman–Crippen LogP) is 2.83. The Morgan fingerprint density at radius 2 is 1.48 bits per heavy atom. The van der Waals surface area contributed by atoms with E-state index < -0.39 is 5.91 Å². The van der Waals surface area contributed by atoms with Crippen LogP contribution in [0.15, 0.2) is 42.5 Å². The zero-order valence-corrected chi connectivity index (χ0v) is 15.1. The molecule has 0 fully saturated rings.